The molecular weight excluding hydrogens is 307 g/mol. The van der Waals surface area contributed by atoms with Crippen molar-refractivity contribution in [1.82, 2.24) is 0 Å². The summed E-state index contributed by atoms with van der Waals surface area (Å²) in [6.45, 7) is 1.19. The molecule has 0 atom stereocenters. The first kappa shape index (κ1) is 15.4. The molecule has 3 rings (SSSR count). The van der Waals surface area contributed by atoms with E-state index in [0.29, 0.717) is 30.4 Å². The third-order valence-corrected chi connectivity index (χ3v) is 3.79. The first-order valence-electron chi connectivity index (χ1n) is 7.06. The maximum absolute atomic E-state index is 13.2. The average molecular weight is 323 g/mol. The van der Waals surface area contributed by atoms with Crippen LogP contribution in [-0.4, -0.2) is 19.3 Å². The van der Waals surface area contributed by atoms with Gasteiger partial charge in [0.05, 0.1) is 19.8 Å². The molecule has 2 aromatic carbocycles. The highest BCUT2D eigenvalue weighted by Gasteiger charge is 2.24. The summed E-state index contributed by atoms with van der Waals surface area (Å²) in [5, 5.41) is 0.679. The van der Waals surface area contributed by atoms with Crippen LogP contribution in [0.2, 0.25) is 5.02 Å². The second-order valence-electron chi connectivity index (χ2n) is 5.08. The molecular formula is C17H16ClFO3. The Kier molecular flexibility index (Phi) is 5.05. The molecule has 0 amide bonds. The Bertz CT molecular complexity index is 627. The van der Waals surface area contributed by atoms with Crippen molar-refractivity contribution in [3.63, 3.8) is 0 Å². The van der Waals surface area contributed by atoms with Crippen LogP contribution in [0.5, 0.6) is 0 Å². The molecule has 0 bridgehead atoms. The molecule has 2 aromatic rings. The third kappa shape index (κ3) is 3.84. The van der Waals surface area contributed by atoms with E-state index in [0.717, 1.165) is 5.56 Å². The average Bonchev–Trinajstić information content (AvgIpc) is 2.55. The van der Waals surface area contributed by atoms with Crippen molar-refractivity contribution in [2.75, 3.05) is 13.2 Å². The Morgan fingerprint density at radius 2 is 1.86 bits per heavy atom. The van der Waals surface area contributed by atoms with Gasteiger partial charge in [-0.25, -0.2) is 4.39 Å². The molecule has 0 saturated carbocycles. The minimum absolute atomic E-state index is 0.166. The van der Waals surface area contributed by atoms with E-state index < -0.39 is 6.29 Å². The molecule has 0 radical (unpaired) electrons. The second kappa shape index (κ2) is 7.20. The SMILES string of the molecule is Fc1cccc([C@H]2OC[C@@H](OCc3ccccc3Cl)CO2)c1. The van der Waals surface area contributed by atoms with Crippen LogP contribution in [0, 0.1) is 5.82 Å². The van der Waals surface area contributed by atoms with Crippen LogP contribution in [0.15, 0.2) is 48.5 Å². The van der Waals surface area contributed by atoms with E-state index in [2.05, 4.69) is 0 Å². The Morgan fingerprint density at radius 3 is 2.59 bits per heavy atom. The molecule has 1 heterocycles. The van der Waals surface area contributed by atoms with Gasteiger partial charge in [-0.15, -0.1) is 0 Å². The van der Waals surface area contributed by atoms with Crippen LogP contribution < -0.4 is 0 Å². The van der Waals surface area contributed by atoms with Crippen molar-refractivity contribution < 1.29 is 18.6 Å². The molecule has 1 saturated heterocycles. The zero-order valence-electron chi connectivity index (χ0n) is 11.9. The van der Waals surface area contributed by atoms with Crippen molar-refractivity contribution in [1.29, 1.82) is 0 Å². The smallest absolute Gasteiger partial charge is 0.184 e. The molecule has 1 aliphatic heterocycles. The highest BCUT2D eigenvalue weighted by Crippen LogP contribution is 2.25. The van der Waals surface area contributed by atoms with Crippen molar-refractivity contribution in [3.8, 4) is 0 Å². The van der Waals surface area contributed by atoms with E-state index in [4.69, 9.17) is 25.8 Å². The zero-order valence-corrected chi connectivity index (χ0v) is 12.6. The normalized spacial score (nSPS) is 21.7. The molecule has 116 valence electrons. The first-order valence-corrected chi connectivity index (χ1v) is 7.44. The fourth-order valence-electron chi connectivity index (χ4n) is 2.25. The van der Waals surface area contributed by atoms with E-state index in [1.807, 2.05) is 24.3 Å². The third-order valence-electron chi connectivity index (χ3n) is 3.42. The quantitative estimate of drug-likeness (QED) is 0.848. The summed E-state index contributed by atoms with van der Waals surface area (Å²) in [4.78, 5) is 0. The predicted octanol–water partition coefficient (Wildman–Crippen LogP) is 4.11. The molecule has 0 aliphatic carbocycles. The Labute approximate surface area is 133 Å². The van der Waals surface area contributed by atoms with Crippen LogP contribution in [0.25, 0.3) is 0 Å². The van der Waals surface area contributed by atoms with Gasteiger partial charge in [-0.2, -0.15) is 0 Å². The number of hydrogen-bond acceptors (Lipinski definition) is 3. The summed E-state index contributed by atoms with van der Waals surface area (Å²) in [5.41, 5.74) is 1.60. The number of ether oxygens (including phenoxy) is 3. The van der Waals surface area contributed by atoms with E-state index in [1.165, 1.54) is 12.1 Å². The molecule has 5 heteroatoms. The molecule has 0 unspecified atom stereocenters. The lowest BCUT2D eigenvalue weighted by molar-refractivity contribution is -0.232. The predicted molar refractivity (Wildman–Crippen MR) is 81.1 cm³/mol. The summed E-state index contributed by atoms with van der Waals surface area (Å²) in [5.74, 6) is -0.304. The highest BCUT2D eigenvalue weighted by molar-refractivity contribution is 6.31. The van der Waals surface area contributed by atoms with E-state index in [9.17, 15) is 4.39 Å². The van der Waals surface area contributed by atoms with Gasteiger partial charge in [0.25, 0.3) is 0 Å². The Hall–Kier alpha value is -1.46. The largest absolute Gasteiger partial charge is 0.369 e. The van der Waals surface area contributed by atoms with Gasteiger partial charge in [0.1, 0.15) is 11.9 Å². The minimum atomic E-state index is -0.545. The van der Waals surface area contributed by atoms with Gasteiger partial charge in [-0.1, -0.05) is 41.9 Å². The number of benzene rings is 2. The molecule has 1 aliphatic rings. The molecule has 0 spiro atoms. The lowest BCUT2D eigenvalue weighted by atomic mass is 10.2. The summed E-state index contributed by atoms with van der Waals surface area (Å²) in [6.07, 6.45) is -0.711. The number of hydrogen-bond donors (Lipinski definition) is 0. The van der Waals surface area contributed by atoms with Crippen LogP contribution in [0.1, 0.15) is 17.4 Å². The van der Waals surface area contributed by atoms with Crippen molar-refractivity contribution in [3.05, 3.63) is 70.5 Å². The maximum Gasteiger partial charge on any atom is 0.184 e. The highest BCUT2D eigenvalue weighted by atomic mass is 35.5. The Morgan fingerprint density at radius 1 is 1.09 bits per heavy atom. The zero-order chi connectivity index (χ0) is 15.4. The van der Waals surface area contributed by atoms with Crippen LogP contribution in [0.4, 0.5) is 4.39 Å². The van der Waals surface area contributed by atoms with Crippen molar-refractivity contribution in [2.24, 2.45) is 0 Å². The number of halogens is 2. The van der Waals surface area contributed by atoms with Gasteiger partial charge in [0.15, 0.2) is 6.29 Å². The lowest BCUT2D eigenvalue weighted by Gasteiger charge is -2.29. The summed E-state index contributed by atoms with van der Waals surface area (Å²) >= 11 is 6.08. The molecule has 22 heavy (non-hydrogen) atoms. The van der Waals surface area contributed by atoms with Gasteiger partial charge >= 0.3 is 0 Å². The molecule has 0 aromatic heterocycles. The van der Waals surface area contributed by atoms with Gasteiger partial charge in [0.2, 0.25) is 0 Å². The summed E-state index contributed by atoms with van der Waals surface area (Å²) < 4.78 is 30.2. The topological polar surface area (TPSA) is 27.7 Å². The molecule has 0 N–H and O–H groups in total. The van der Waals surface area contributed by atoms with Crippen LogP contribution >= 0.6 is 11.6 Å². The van der Waals surface area contributed by atoms with Crippen molar-refractivity contribution in [2.45, 2.75) is 19.0 Å². The van der Waals surface area contributed by atoms with Crippen molar-refractivity contribution >= 4 is 11.6 Å². The second-order valence-corrected chi connectivity index (χ2v) is 5.49. The monoisotopic (exact) mass is 322 g/mol. The van der Waals surface area contributed by atoms with Crippen LogP contribution in [-0.2, 0) is 20.8 Å². The van der Waals surface area contributed by atoms with Gasteiger partial charge in [-0.05, 0) is 23.8 Å². The summed E-state index contributed by atoms with van der Waals surface area (Å²) in [7, 11) is 0. The van der Waals surface area contributed by atoms with Gasteiger partial charge in [-0.3, -0.25) is 0 Å². The molecule has 3 nitrogen and oxygen atoms in total. The van der Waals surface area contributed by atoms with Gasteiger partial charge < -0.3 is 14.2 Å². The fourth-order valence-corrected chi connectivity index (χ4v) is 2.44. The first-order chi connectivity index (χ1) is 10.7. The van der Waals surface area contributed by atoms with Crippen LogP contribution in [0.3, 0.4) is 0 Å². The van der Waals surface area contributed by atoms with E-state index in [-0.39, 0.29) is 11.9 Å². The molecule has 1 fully saturated rings. The van der Waals surface area contributed by atoms with Gasteiger partial charge in [0, 0.05) is 10.6 Å². The number of rotatable bonds is 4. The standard InChI is InChI=1S/C17H16ClFO3/c18-16-7-2-1-4-13(16)9-20-15-10-21-17(22-11-15)12-5-3-6-14(19)8-12/h1-8,15,17H,9-11H2/t15-,17+. The maximum atomic E-state index is 13.2. The lowest BCUT2D eigenvalue weighted by Crippen LogP contribution is -2.33. The fraction of sp³-hybridized carbons (Fsp3) is 0.294. The summed E-state index contributed by atoms with van der Waals surface area (Å²) in [6, 6.07) is 13.8. The van der Waals surface area contributed by atoms with E-state index >= 15 is 0 Å². The van der Waals surface area contributed by atoms with E-state index in [1.54, 1.807) is 12.1 Å². The minimum Gasteiger partial charge on any atom is -0.369 e. The Balaban J connectivity index is 1.51.